The van der Waals surface area contributed by atoms with Crippen molar-refractivity contribution in [2.24, 2.45) is 0 Å². The number of pyridine rings is 1. The number of rotatable bonds is 3. The second-order valence-corrected chi connectivity index (χ2v) is 7.26. The molecule has 12 heteroatoms. The Morgan fingerprint density at radius 2 is 1.55 bits per heavy atom. The van der Waals surface area contributed by atoms with E-state index in [9.17, 15) is 26.3 Å². The second-order valence-electron chi connectivity index (χ2n) is 6.35. The van der Waals surface area contributed by atoms with Crippen LogP contribution in [0.15, 0.2) is 59.3 Å². The molecule has 0 unspecified atom stereocenters. The van der Waals surface area contributed by atoms with Gasteiger partial charge in [0.1, 0.15) is 17.2 Å². The van der Waals surface area contributed by atoms with Crippen LogP contribution in [0.25, 0.3) is 17.2 Å². The van der Waals surface area contributed by atoms with Crippen molar-refractivity contribution in [3.63, 3.8) is 0 Å². The quantitative estimate of drug-likeness (QED) is 0.333. The van der Waals surface area contributed by atoms with Crippen molar-refractivity contribution >= 4 is 33.1 Å². The summed E-state index contributed by atoms with van der Waals surface area (Å²) < 4.78 is 80.7. The molecule has 31 heavy (non-hydrogen) atoms. The Bertz CT molecular complexity index is 1250. The lowest BCUT2D eigenvalue weighted by atomic mass is 10.2. The number of benzene rings is 1. The van der Waals surface area contributed by atoms with E-state index in [2.05, 4.69) is 36.2 Å². The van der Waals surface area contributed by atoms with Gasteiger partial charge in [-0.15, -0.1) is 0 Å². The maximum Gasteiger partial charge on any atom is 0.435 e. The molecule has 1 aromatic carbocycles. The van der Waals surface area contributed by atoms with Gasteiger partial charge in [-0.05, 0) is 58.4 Å². The zero-order chi connectivity index (χ0) is 22.4. The number of nitrogens with zero attached hydrogens (tertiary/aromatic N) is 4. The van der Waals surface area contributed by atoms with E-state index < -0.39 is 23.6 Å². The van der Waals surface area contributed by atoms with Crippen LogP contribution in [0.4, 0.5) is 37.8 Å². The second kappa shape index (κ2) is 7.52. The van der Waals surface area contributed by atoms with Crippen LogP contribution in [0.1, 0.15) is 11.3 Å². The number of fused-ring (bicyclic) bond motifs is 1. The Morgan fingerprint density at radius 1 is 0.839 bits per heavy atom. The Balaban J connectivity index is 1.75. The Morgan fingerprint density at radius 3 is 2.19 bits per heavy atom. The smallest absolute Gasteiger partial charge is 0.340 e. The first kappa shape index (κ1) is 21.1. The van der Waals surface area contributed by atoms with E-state index in [1.807, 2.05) is 0 Å². The maximum atomic E-state index is 13.6. The van der Waals surface area contributed by atoms with Gasteiger partial charge in [-0.1, -0.05) is 0 Å². The fourth-order valence-electron chi connectivity index (χ4n) is 2.86. The van der Waals surface area contributed by atoms with E-state index in [1.54, 1.807) is 6.07 Å². The molecule has 0 atom stereocenters. The van der Waals surface area contributed by atoms with Crippen LogP contribution in [0.5, 0.6) is 0 Å². The molecule has 0 amide bonds. The molecule has 4 rings (SSSR count). The summed E-state index contributed by atoms with van der Waals surface area (Å²) in [5.74, 6) is -0.155. The van der Waals surface area contributed by atoms with Gasteiger partial charge < -0.3 is 5.32 Å². The molecule has 0 bridgehead atoms. The molecule has 0 saturated heterocycles. The number of imidazole rings is 1. The SMILES string of the molecule is FC(F)(F)c1ccc(Nc2ccnc(-c3c(C(F)(F)F)nc4ccc(Br)cn34)n2)cc1. The molecule has 0 aliphatic heterocycles. The molecule has 5 nitrogen and oxygen atoms in total. The number of alkyl halides is 6. The number of hydrogen-bond donors (Lipinski definition) is 1. The van der Waals surface area contributed by atoms with Crippen molar-refractivity contribution in [3.8, 4) is 11.5 Å². The van der Waals surface area contributed by atoms with Crippen LogP contribution in [-0.4, -0.2) is 19.4 Å². The van der Waals surface area contributed by atoms with Gasteiger partial charge in [0.25, 0.3) is 0 Å². The first-order chi connectivity index (χ1) is 14.5. The predicted molar refractivity (Wildman–Crippen MR) is 104 cm³/mol. The minimum Gasteiger partial charge on any atom is -0.340 e. The first-order valence-corrected chi connectivity index (χ1v) is 9.34. The van der Waals surface area contributed by atoms with Crippen LogP contribution in [0.3, 0.4) is 0 Å². The highest BCUT2D eigenvalue weighted by Gasteiger charge is 2.39. The van der Waals surface area contributed by atoms with E-state index in [4.69, 9.17) is 0 Å². The number of aromatic nitrogens is 4. The van der Waals surface area contributed by atoms with Gasteiger partial charge in [-0.3, -0.25) is 4.40 Å². The molecule has 3 heterocycles. The molecule has 1 N–H and O–H groups in total. The normalized spacial score (nSPS) is 12.4. The van der Waals surface area contributed by atoms with E-state index in [1.165, 1.54) is 41.1 Å². The number of hydrogen-bond acceptors (Lipinski definition) is 4. The predicted octanol–water partition coefficient (Wildman–Crippen LogP) is 6.34. The Kier molecular flexibility index (Phi) is 5.12. The third-order valence-corrected chi connectivity index (χ3v) is 4.67. The summed E-state index contributed by atoms with van der Waals surface area (Å²) in [5, 5.41) is 2.76. The third kappa shape index (κ3) is 4.33. The molecule has 0 aliphatic carbocycles. The van der Waals surface area contributed by atoms with E-state index in [0.29, 0.717) is 4.47 Å². The molecule has 4 aromatic rings. The molecule has 0 spiro atoms. The Hall–Kier alpha value is -3.15. The average Bonchev–Trinajstić information content (AvgIpc) is 3.07. The highest BCUT2D eigenvalue weighted by molar-refractivity contribution is 9.10. The summed E-state index contributed by atoms with van der Waals surface area (Å²) in [6.45, 7) is 0. The average molecular weight is 502 g/mol. The van der Waals surface area contributed by atoms with E-state index >= 15 is 0 Å². The lowest BCUT2D eigenvalue weighted by Crippen LogP contribution is -2.09. The summed E-state index contributed by atoms with van der Waals surface area (Å²) in [6, 6.07) is 8.49. The van der Waals surface area contributed by atoms with Crippen LogP contribution >= 0.6 is 15.9 Å². The Labute approximate surface area is 178 Å². The van der Waals surface area contributed by atoms with Gasteiger partial charge in [-0.2, -0.15) is 26.3 Å². The number of nitrogens with one attached hydrogen (secondary N) is 1. The molecule has 160 valence electrons. The highest BCUT2D eigenvalue weighted by Crippen LogP contribution is 2.37. The summed E-state index contributed by atoms with van der Waals surface area (Å²) in [5.41, 5.74) is -2.02. The number of halogens is 7. The lowest BCUT2D eigenvalue weighted by molar-refractivity contribution is -0.140. The lowest BCUT2D eigenvalue weighted by Gasteiger charge is -2.11. The molecular formula is C19H10BrF6N5. The molecular weight excluding hydrogens is 492 g/mol. The molecule has 0 radical (unpaired) electrons. The van der Waals surface area contributed by atoms with E-state index in [-0.39, 0.29) is 28.7 Å². The summed E-state index contributed by atoms with van der Waals surface area (Å²) >= 11 is 3.21. The van der Waals surface area contributed by atoms with Gasteiger partial charge in [0.05, 0.1) is 5.56 Å². The maximum absolute atomic E-state index is 13.6. The summed E-state index contributed by atoms with van der Waals surface area (Å²) in [7, 11) is 0. The highest BCUT2D eigenvalue weighted by atomic mass is 79.9. The fourth-order valence-corrected chi connectivity index (χ4v) is 3.20. The van der Waals surface area contributed by atoms with Crippen LogP contribution in [-0.2, 0) is 12.4 Å². The van der Waals surface area contributed by atoms with Gasteiger partial charge in [0, 0.05) is 22.6 Å². The summed E-state index contributed by atoms with van der Waals surface area (Å²) in [6.07, 6.45) is -6.58. The van der Waals surface area contributed by atoms with Crippen molar-refractivity contribution in [1.29, 1.82) is 0 Å². The van der Waals surface area contributed by atoms with Gasteiger partial charge in [0.2, 0.25) is 0 Å². The zero-order valence-corrected chi connectivity index (χ0v) is 16.7. The van der Waals surface area contributed by atoms with Crippen molar-refractivity contribution in [3.05, 3.63) is 70.6 Å². The molecule has 0 aliphatic rings. The van der Waals surface area contributed by atoms with E-state index in [0.717, 1.165) is 12.1 Å². The fraction of sp³-hybridized carbons (Fsp3) is 0.105. The van der Waals surface area contributed by atoms with Crippen LogP contribution in [0, 0.1) is 0 Å². The molecule has 0 saturated carbocycles. The van der Waals surface area contributed by atoms with Crippen LogP contribution < -0.4 is 5.32 Å². The van der Waals surface area contributed by atoms with Crippen molar-refractivity contribution < 1.29 is 26.3 Å². The van der Waals surface area contributed by atoms with Gasteiger partial charge in [0.15, 0.2) is 11.5 Å². The minimum atomic E-state index is -4.76. The summed E-state index contributed by atoms with van der Waals surface area (Å²) in [4.78, 5) is 11.7. The van der Waals surface area contributed by atoms with Crippen molar-refractivity contribution in [2.75, 3.05) is 5.32 Å². The van der Waals surface area contributed by atoms with Gasteiger partial charge >= 0.3 is 12.4 Å². The third-order valence-electron chi connectivity index (χ3n) is 4.20. The van der Waals surface area contributed by atoms with Crippen molar-refractivity contribution in [2.45, 2.75) is 12.4 Å². The number of anilines is 2. The first-order valence-electron chi connectivity index (χ1n) is 8.55. The largest absolute Gasteiger partial charge is 0.435 e. The monoisotopic (exact) mass is 501 g/mol. The minimum absolute atomic E-state index is 0.0511. The zero-order valence-electron chi connectivity index (χ0n) is 15.1. The van der Waals surface area contributed by atoms with Gasteiger partial charge in [-0.25, -0.2) is 15.0 Å². The molecule has 0 fully saturated rings. The van der Waals surface area contributed by atoms with Crippen LogP contribution in [0.2, 0.25) is 0 Å². The standard InChI is InChI=1S/C19H10BrF6N5/c20-11-3-6-14-30-16(19(24,25)26)15(31(14)9-11)17-27-8-7-13(29-17)28-12-4-1-10(2-5-12)18(21,22)23/h1-9H,(H,27,28,29). The molecule has 3 aromatic heterocycles. The topological polar surface area (TPSA) is 55.1 Å². The van der Waals surface area contributed by atoms with Crippen molar-refractivity contribution in [1.82, 2.24) is 19.4 Å².